The maximum atomic E-state index is 12.0. The molecule has 2 atom stereocenters. The Labute approximate surface area is 121 Å². The number of para-hydroxylation sites is 1. The molecule has 0 spiro atoms. The van der Waals surface area contributed by atoms with E-state index in [0.29, 0.717) is 19.6 Å². The van der Waals surface area contributed by atoms with E-state index in [1.165, 1.54) is 0 Å². The summed E-state index contributed by atoms with van der Waals surface area (Å²) in [5.74, 6) is 1.05. The molecule has 1 aromatic heterocycles. The minimum Gasteiger partial charge on any atom is -0.466 e. The van der Waals surface area contributed by atoms with E-state index in [0.717, 1.165) is 28.8 Å². The lowest BCUT2D eigenvalue weighted by molar-refractivity contribution is -0.144. The average molecular weight is 284 g/mol. The minimum absolute atomic E-state index is 0.0703. The van der Waals surface area contributed by atoms with Crippen molar-refractivity contribution in [1.82, 2.24) is 9.55 Å². The van der Waals surface area contributed by atoms with Crippen LogP contribution < -0.4 is 0 Å². The predicted molar refractivity (Wildman–Crippen MR) is 76.2 cm³/mol. The van der Waals surface area contributed by atoms with Gasteiger partial charge in [0.15, 0.2) is 5.78 Å². The summed E-state index contributed by atoms with van der Waals surface area (Å²) in [5.41, 5.74) is 2.54. The number of carbonyl (C=O) groups excluding carboxylic acids is 2. The fraction of sp³-hybridized carbons (Fsp3) is 0.438. The zero-order valence-corrected chi connectivity index (χ0v) is 11.8. The molecule has 0 amide bonds. The fourth-order valence-corrected chi connectivity index (χ4v) is 3.28. The van der Waals surface area contributed by atoms with Gasteiger partial charge in [-0.05, 0) is 25.5 Å². The van der Waals surface area contributed by atoms with Gasteiger partial charge in [0.1, 0.15) is 5.82 Å². The summed E-state index contributed by atoms with van der Waals surface area (Å²) in [6.45, 7) is 2.89. The number of imidazole rings is 1. The van der Waals surface area contributed by atoms with Crippen LogP contribution in [-0.4, -0.2) is 27.9 Å². The van der Waals surface area contributed by atoms with Crippen molar-refractivity contribution in [2.24, 2.45) is 5.92 Å². The van der Waals surface area contributed by atoms with Gasteiger partial charge in [-0.1, -0.05) is 6.07 Å². The van der Waals surface area contributed by atoms with Gasteiger partial charge >= 0.3 is 5.97 Å². The van der Waals surface area contributed by atoms with Crippen LogP contribution in [0.1, 0.15) is 41.9 Å². The summed E-state index contributed by atoms with van der Waals surface area (Å²) in [5, 5.41) is 0. The molecule has 1 saturated carbocycles. The number of Topliss-reactive ketones (excluding diaryl/α,β-unsaturated/α-hetero) is 1. The van der Waals surface area contributed by atoms with Crippen LogP contribution in [0, 0.1) is 5.92 Å². The van der Waals surface area contributed by atoms with Crippen LogP contribution in [-0.2, 0) is 16.1 Å². The van der Waals surface area contributed by atoms with Crippen LogP contribution >= 0.6 is 0 Å². The molecule has 1 aliphatic heterocycles. The molecule has 4 rings (SSSR count). The number of carbonyl (C=O) groups is 2. The van der Waals surface area contributed by atoms with Crippen LogP contribution in [0.25, 0.3) is 11.0 Å². The van der Waals surface area contributed by atoms with Crippen LogP contribution in [0.4, 0.5) is 0 Å². The number of hydrogen-bond acceptors (Lipinski definition) is 4. The molecule has 0 radical (unpaired) electrons. The summed E-state index contributed by atoms with van der Waals surface area (Å²) in [4.78, 5) is 28.5. The molecule has 0 bridgehead atoms. The van der Waals surface area contributed by atoms with Gasteiger partial charge in [0.05, 0.1) is 23.6 Å². The molecule has 2 aromatic rings. The fourth-order valence-electron chi connectivity index (χ4n) is 3.28. The molecule has 5 heteroatoms. The number of aryl methyl sites for hydroxylation is 1. The van der Waals surface area contributed by atoms with E-state index >= 15 is 0 Å². The van der Waals surface area contributed by atoms with Crippen molar-refractivity contribution in [2.75, 3.05) is 6.61 Å². The lowest BCUT2D eigenvalue weighted by atomic mass is 10.0. The van der Waals surface area contributed by atoms with E-state index in [9.17, 15) is 9.59 Å². The normalized spacial score (nSPS) is 23.4. The second-order valence-corrected chi connectivity index (χ2v) is 5.67. The maximum Gasteiger partial charge on any atom is 0.309 e. The predicted octanol–water partition coefficient (Wildman–Crippen LogP) is 2.29. The molecule has 5 nitrogen and oxygen atoms in total. The summed E-state index contributed by atoms with van der Waals surface area (Å²) in [6, 6.07) is 5.67. The Kier molecular flexibility index (Phi) is 2.64. The highest BCUT2D eigenvalue weighted by Crippen LogP contribution is 2.49. The molecule has 0 N–H and O–H groups in total. The largest absolute Gasteiger partial charge is 0.466 e. The van der Waals surface area contributed by atoms with Gasteiger partial charge < -0.3 is 9.30 Å². The van der Waals surface area contributed by atoms with E-state index in [1.807, 2.05) is 25.1 Å². The molecule has 2 unspecified atom stereocenters. The van der Waals surface area contributed by atoms with Crippen LogP contribution in [0.5, 0.6) is 0 Å². The van der Waals surface area contributed by atoms with Crippen LogP contribution in [0.2, 0.25) is 0 Å². The van der Waals surface area contributed by atoms with E-state index in [4.69, 9.17) is 4.74 Å². The molecular weight excluding hydrogens is 268 g/mol. The highest BCUT2D eigenvalue weighted by atomic mass is 16.5. The first-order valence-electron chi connectivity index (χ1n) is 7.39. The Morgan fingerprint density at radius 3 is 3.14 bits per heavy atom. The standard InChI is InChI=1S/C16H16N2O3/c1-2-21-16(20)11-8-10(11)15-17-12-5-3-4-9-13(19)6-7-18(15)14(9)12/h3-5,10-11H,2,6-8H2,1H3. The molecule has 0 saturated heterocycles. The topological polar surface area (TPSA) is 61.2 Å². The van der Waals surface area contributed by atoms with E-state index < -0.39 is 0 Å². The third-order valence-corrected chi connectivity index (χ3v) is 4.37. The van der Waals surface area contributed by atoms with Gasteiger partial charge in [-0.2, -0.15) is 0 Å². The first-order chi connectivity index (χ1) is 10.2. The number of aromatic nitrogens is 2. The van der Waals surface area contributed by atoms with Gasteiger partial charge in [0.25, 0.3) is 0 Å². The average Bonchev–Trinajstić information content (AvgIpc) is 3.19. The van der Waals surface area contributed by atoms with Crippen molar-refractivity contribution >= 4 is 22.8 Å². The Hall–Kier alpha value is -2.17. The maximum absolute atomic E-state index is 12.0. The van der Waals surface area contributed by atoms with Crippen molar-refractivity contribution in [3.63, 3.8) is 0 Å². The van der Waals surface area contributed by atoms with Gasteiger partial charge in [-0.25, -0.2) is 4.98 Å². The molecule has 2 heterocycles. The Balaban J connectivity index is 1.76. The molecule has 1 aromatic carbocycles. The SMILES string of the molecule is CCOC(=O)C1CC1c1nc2cccc3c2n1CCC3=O. The number of benzene rings is 1. The zero-order chi connectivity index (χ0) is 14.6. The van der Waals surface area contributed by atoms with E-state index in [-0.39, 0.29) is 23.6 Å². The second kappa shape index (κ2) is 4.41. The Morgan fingerprint density at radius 1 is 1.48 bits per heavy atom. The number of nitrogens with zero attached hydrogens (tertiary/aromatic N) is 2. The first-order valence-corrected chi connectivity index (χ1v) is 7.39. The van der Waals surface area contributed by atoms with Crippen LogP contribution in [0.3, 0.4) is 0 Å². The Bertz CT molecular complexity index is 762. The smallest absolute Gasteiger partial charge is 0.309 e. The van der Waals surface area contributed by atoms with Gasteiger partial charge in [0.2, 0.25) is 0 Å². The Morgan fingerprint density at radius 2 is 2.33 bits per heavy atom. The van der Waals surface area contributed by atoms with E-state index in [2.05, 4.69) is 9.55 Å². The quantitative estimate of drug-likeness (QED) is 0.811. The zero-order valence-electron chi connectivity index (χ0n) is 11.8. The summed E-state index contributed by atoms with van der Waals surface area (Å²) < 4.78 is 7.21. The molecule has 1 fully saturated rings. The van der Waals surface area contributed by atoms with Crippen molar-refractivity contribution in [3.05, 3.63) is 29.6 Å². The third-order valence-electron chi connectivity index (χ3n) is 4.37. The monoisotopic (exact) mass is 284 g/mol. The van der Waals surface area contributed by atoms with E-state index in [1.54, 1.807) is 0 Å². The van der Waals surface area contributed by atoms with Crippen molar-refractivity contribution in [3.8, 4) is 0 Å². The number of hydrogen-bond donors (Lipinski definition) is 0. The lowest BCUT2D eigenvalue weighted by Crippen LogP contribution is -2.16. The van der Waals surface area contributed by atoms with Crippen molar-refractivity contribution < 1.29 is 14.3 Å². The number of rotatable bonds is 3. The third kappa shape index (κ3) is 1.80. The molecule has 108 valence electrons. The highest BCUT2D eigenvalue weighted by molar-refractivity contribution is 6.07. The second-order valence-electron chi connectivity index (χ2n) is 5.67. The molecular formula is C16H16N2O3. The first kappa shape index (κ1) is 12.6. The number of esters is 1. The lowest BCUT2D eigenvalue weighted by Gasteiger charge is -2.15. The summed E-state index contributed by atoms with van der Waals surface area (Å²) >= 11 is 0. The molecule has 1 aliphatic carbocycles. The minimum atomic E-state index is -0.130. The summed E-state index contributed by atoms with van der Waals surface area (Å²) in [7, 11) is 0. The van der Waals surface area contributed by atoms with Gasteiger partial charge in [0, 0.05) is 24.4 Å². The highest BCUT2D eigenvalue weighted by Gasteiger charge is 2.48. The molecule has 21 heavy (non-hydrogen) atoms. The number of ketones is 1. The summed E-state index contributed by atoms with van der Waals surface area (Å²) in [6.07, 6.45) is 1.30. The van der Waals surface area contributed by atoms with Gasteiger partial charge in [-0.3, -0.25) is 9.59 Å². The van der Waals surface area contributed by atoms with Gasteiger partial charge in [-0.15, -0.1) is 0 Å². The molecule has 2 aliphatic rings. The van der Waals surface area contributed by atoms with Crippen molar-refractivity contribution in [1.29, 1.82) is 0 Å². The van der Waals surface area contributed by atoms with Crippen LogP contribution in [0.15, 0.2) is 18.2 Å². The van der Waals surface area contributed by atoms with Crippen molar-refractivity contribution in [2.45, 2.75) is 32.2 Å². The number of ether oxygens (including phenoxy) is 1.